The van der Waals surface area contributed by atoms with Crippen LogP contribution in [0.1, 0.15) is 22.3 Å². The third kappa shape index (κ3) is 4.17. The molecule has 1 aromatic rings. The van der Waals surface area contributed by atoms with E-state index in [0.29, 0.717) is 6.54 Å². The predicted molar refractivity (Wildman–Crippen MR) is 76.3 cm³/mol. The highest BCUT2D eigenvalue weighted by Gasteiger charge is 2.07. The van der Waals surface area contributed by atoms with Crippen LogP contribution in [-0.2, 0) is 0 Å². The minimum atomic E-state index is 0. The molecule has 0 spiro atoms. The molecule has 1 aliphatic heterocycles. The summed E-state index contributed by atoms with van der Waals surface area (Å²) in [6.07, 6.45) is 3.17. The third-order valence-corrected chi connectivity index (χ3v) is 2.91. The van der Waals surface area contributed by atoms with Crippen molar-refractivity contribution < 1.29 is 4.79 Å². The van der Waals surface area contributed by atoms with E-state index in [-0.39, 0.29) is 18.3 Å². The van der Waals surface area contributed by atoms with E-state index < -0.39 is 0 Å². The monoisotopic (exact) mass is 266 g/mol. The normalized spacial score (nSPS) is 14.4. The van der Waals surface area contributed by atoms with Crippen molar-refractivity contribution in [2.45, 2.75) is 13.3 Å². The number of amides is 1. The first kappa shape index (κ1) is 14.7. The molecule has 4 heteroatoms. The second-order valence-electron chi connectivity index (χ2n) is 4.37. The predicted octanol–water partition coefficient (Wildman–Crippen LogP) is 2.07. The van der Waals surface area contributed by atoms with Crippen molar-refractivity contribution in [1.29, 1.82) is 0 Å². The van der Waals surface area contributed by atoms with E-state index in [1.54, 1.807) is 0 Å². The molecule has 1 amide bonds. The second-order valence-corrected chi connectivity index (χ2v) is 4.37. The summed E-state index contributed by atoms with van der Waals surface area (Å²) in [6, 6.07) is 7.66. The van der Waals surface area contributed by atoms with E-state index in [9.17, 15) is 4.79 Å². The van der Waals surface area contributed by atoms with Gasteiger partial charge in [0.15, 0.2) is 0 Å². The average Bonchev–Trinajstić information content (AvgIpc) is 2.37. The Morgan fingerprint density at radius 3 is 2.94 bits per heavy atom. The lowest BCUT2D eigenvalue weighted by Gasteiger charge is -2.14. The number of nitrogens with one attached hydrogen (secondary N) is 2. The van der Waals surface area contributed by atoms with E-state index in [2.05, 4.69) is 16.7 Å². The van der Waals surface area contributed by atoms with Gasteiger partial charge < -0.3 is 10.6 Å². The first-order valence-electron chi connectivity index (χ1n) is 5.99. The highest BCUT2D eigenvalue weighted by atomic mass is 35.5. The fraction of sp³-hybridized carbons (Fsp3) is 0.357. The van der Waals surface area contributed by atoms with Gasteiger partial charge in [-0.1, -0.05) is 29.3 Å². The summed E-state index contributed by atoms with van der Waals surface area (Å²) in [4.78, 5) is 11.9. The van der Waals surface area contributed by atoms with Gasteiger partial charge in [0.1, 0.15) is 0 Å². The van der Waals surface area contributed by atoms with Gasteiger partial charge in [0.2, 0.25) is 0 Å². The van der Waals surface area contributed by atoms with Gasteiger partial charge in [-0.3, -0.25) is 4.79 Å². The van der Waals surface area contributed by atoms with Crippen molar-refractivity contribution in [3.63, 3.8) is 0 Å². The van der Waals surface area contributed by atoms with Gasteiger partial charge in [-0.25, -0.2) is 0 Å². The Morgan fingerprint density at radius 2 is 2.28 bits per heavy atom. The summed E-state index contributed by atoms with van der Waals surface area (Å²) in [7, 11) is 0. The van der Waals surface area contributed by atoms with Gasteiger partial charge in [0.05, 0.1) is 0 Å². The minimum Gasteiger partial charge on any atom is -0.348 e. The molecule has 0 unspecified atom stereocenters. The lowest BCUT2D eigenvalue weighted by molar-refractivity contribution is 0.0956. The number of halogens is 1. The molecular formula is C14H19ClN2O. The SMILES string of the molecule is Cc1cccc(C(=O)NCC2=CCNCC2)c1.Cl. The van der Waals surface area contributed by atoms with E-state index in [4.69, 9.17) is 0 Å². The Bertz CT molecular complexity index is 443. The van der Waals surface area contributed by atoms with E-state index in [1.165, 1.54) is 5.57 Å². The maximum Gasteiger partial charge on any atom is 0.251 e. The Labute approximate surface area is 114 Å². The molecule has 0 fully saturated rings. The van der Waals surface area contributed by atoms with Crippen LogP contribution in [-0.4, -0.2) is 25.5 Å². The zero-order chi connectivity index (χ0) is 12.1. The zero-order valence-corrected chi connectivity index (χ0v) is 11.3. The van der Waals surface area contributed by atoms with Gasteiger partial charge in [0, 0.05) is 18.7 Å². The number of carbonyl (C=O) groups is 1. The molecule has 1 aromatic carbocycles. The minimum absolute atomic E-state index is 0. The van der Waals surface area contributed by atoms with Gasteiger partial charge in [-0.15, -0.1) is 12.4 Å². The molecule has 2 rings (SSSR count). The highest BCUT2D eigenvalue weighted by Crippen LogP contribution is 2.05. The molecule has 1 heterocycles. The number of hydrogen-bond acceptors (Lipinski definition) is 2. The van der Waals surface area contributed by atoms with Crippen LogP contribution in [0.3, 0.4) is 0 Å². The maximum atomic E-state index is 11.9. The van der Waals surface area contributed by atoms with Crippen molar-refractivity contribution in [3.8, 4) is 0 Å². The summed E-state index contributed by atoms with van der Waals surface area (Å²) in [5, 5.41) is 6.21. The lowest BCUT2D eigenvalue weighted by Crippen LogP contribution is -2.29. The second kappa shape index (κ2) is 7.19. The van der Waals surface area contributed by atoms with Crippen LogP contribution < -0.4 is 10.6 Å². The summed E-state index contributed by atoms with van der Waals surface area (Å²) >= 11 is 0. The molecule has 1 aliphatic rings. The van der Waals surface area contributed by atoms with Crippen LogP contribution in [0.25, 0.3) is 0 Å². The smallest absolute Gasteiger partial charge is 0.251 e. The molecule has 0 saturated heterocycles. The fourth-order valence-electron chi connectivity index (χ4n) is 1.91. The summed E-state index contributed by atoms with van der Waals surface area (Å²) in [5.74, 6) is 0.00753. The summed E-state index contributed by atoms with van der Waals surface area (Å²) < 4.78 is 0. The van der Waals surface area contributed by atoms with Crippen molar-refractivity contribution in [1.82, 2.24) is 10.6 Å². The van der Waals surface area contributed by atoms with Crippen molar-refractivity contribution in [2.24, 2.45) is 0 Å². The number of hydrogen-bond donors (Lipinski definition) is 2. The van der Waals surface area contributed by atoms with Gasteiger partial charge in [-0.05, 0) is 32.0 Å². The Kier molecular flexibility index (Phi) is 5.89. The van der Waals surface area contributed by atoms with E-state index in [1.807, 2.05) is 31.2 Å². The molecule has 18 heavy (non-hydrogen) atoms. The number of aryl methyl sites for hydroxylation is 1. The maximum absolute atomic E-state index is 11.9. The largest absolute Gasteiger partial charge is 0.348 e. The fourth-order valence-corrected chi connectivity index (χ4v) is 1.91. The average molecular weight is 267 g/mol. The molecule has 0 bridgehead atoms. The van der Waals surface area contributed by atoms with Crippen LogP contribution in [0.2, 0.25) is 0 Å². The third-order valence-electron chi connectivity index (χ3n) is 2.91. The van der Waals surface area contributed by atoms with Gasteiger partial charge in [-0.2, -0.15) is 0 Å². The van der Waals surface area contributed by atoms with Crippen molar-refractivity contribution in [3.05, 3.63) is 47.0 Å². The Hall–Kier alpha value is -1.32. The topological polar surface area (TPSA) is 41.1 Å². The Morgan fingerprint density at radius 1 is 1.44 bits per heavy atom. The molecule has 0 aliphatic carbocycles. The van der Waals surface area contributed by atoms with Crippen LogP contribution >= 0.6 is 12.4 Å². The summed E-state index contributed by atoms with van der Waals surface area (Å²) in [6.45, 7) is 4.57. The summed E-state index contributed by atoms with van der Waals surface area (Å²) in [5.41, 5.74) is 3.16. The first-order chi connectivity index (χ1) is 8.25. The van der Waals surface area contributed by atoms with Crippen LogP contribution in [0.5, 0.6) is 0 Å². The van der Waals surface area contributed by atoms with Gasteiger partial charge >= 0.3 is 0 Å². The van der Waals surface area contributed by atoms with Crippen LogP contribution in [0.4, 0.5) is 0 Å². The molecule has 0 radical (unpaired) electrons. The Balaban J connectivity index is 0.00000162. The van der Waals surface area contributed by atoms with Crippen molar-refractivity contribution >= 4 is 18.3 Å². The van der Waals surface area contributed by atoms with Crippen molar-refractivity contribution in [2.75, 3.05) is 19.6 Å². The first-order valence-corrected chi connectivity index (χ1v) is 5.99. The number of carbonyl (C=O) groups excluding carboxylic acids is 1. The molecule has 0 saturated carbocycles. The highest BCUT2D eigenvalue weighted by molar-refractivity contribution is 5.94. The lowest BCUT2D eigenvalue weighted by atomic mass is 10.1. The van der Waals surface area contributed by atoms with Gasteiger partial charge in [0.25, 0.3) is 5.91 Å². The molecule has 0 atom stereocenters. The molecule has 2 N–H and O–H groups in total. The van der Waals surface area contributed by atoms with E-state index >= 15 is 0 Å². The molecule has 98 valence electrons. The standard InChI is InChI=1S/C14H18N2O.ClH/c1-11-3-2-4-13(9-11)14(17)16-10-12-5-7-15-8-6-12;/h2-5,9,15H,6-8,10H2,1H3,(H,16,17);1H. The zero-order valence-electron chi connectivity index (χ0n) is 10.5. The molecule has 0 aromatic heterocycles. The van der Waals surface area contributed by atoms with Crippen LogP contribution in [0.15, 0.2) is 35.9 Å². The van der Waals surface area contributed by atoms with Crippen LogP contribution in [0, 0.1) is 6.92 Å². The number of rotatable bonds is 3. The van der Waals surface area contributed by atoms with E-state index in [0.717, 1.165) is 30.6 Å². The number of benzene rings is 1. The molecular weight excluding hydrogens is 248 g/mol. The quantitative estimate of drug-likeness (QED) is 0.823. The molecule has 3 nitrogen and oxygen atoms in total.